The van der Waals surface area contributed by atoms with Crippen molar-refractivity contribution >= 4 is 5.91 Å². The van der Waals surface area contributed by atoms with Crippen molar-refractivity contribution in [3.63, 3.8) is 0 Å². The molecule has 0 aliphatic rings. The molecule has 0 fully saturated rings. The standard InChI is InChI=1S/C14H22N2O3/c15-13(11-12-5-2-1-3-6-12)14(18)16-7-4-9-19-10-8-17/h1-3,5-6,13,17H,4,7-11,15H2,(H,16,18)/t13-/m1/s1. The smallest absolute Gasteiger partial charge is 0.237 e. The monoisotopic (exact) mass is 266 g/mol. The Morgan fingerprint density at radius 3 is 2.74 bits per heavy atom. The van der Waals surface area contributed by atoms with Crippen molar-refractivity contribution in [2.24, 2.45) is 5.73 Å². The lowest BCUT2D eigenvalue weighted by molar-refractivity contribution is -0.122. The van der Waals surface area contributed by atoms with Crippen LogP contribution in [0.3, 0.4) is 0 Å². The molecule has 0 heterocycles. The van der Waals surface area contributed by atoms with Gasteiger partial charge in [-0.1, -0.05) is 30.3 Å². The fourth-order valence-electron chi connectivity index (χ4n) is 1.64. The second-order valence-corrected chi connectivity index (χ2v) is 4.28. The molecule has 4 N–H and O–H groups in total. The van der Waals surface area contributed by atoms with Crippen molar-refractivity contribution in [1.82, 2.24) is 5.32 Å². The van der Waals surface area contributed by atoms with Crippen LogP contribution in [0.15, 0.2) is 30.3 Å². The van der Waals surface area contributed by atoms with Crippen LogP contribution >= 0.6 is 0 Å². The number of rotatable bonds is 9. The Morgan fingerprint density at radius 2 is 2.05 bits per heavy atom. The molecular formula is C14H22N2O3. The van der Waals surface area contributed by atoms with Crippen LogP contribution < -0.4 is 11.1 Å². The SMILES string of the molecule is N[C@H](Cc1ccccc1)C(=O)NCCCOCCO. The van der Waals surface area contributed by atoms with E-state index in [2.05, 4.69) is 5.32 Å². The van der Waals surface area contributed by atoms with Crippen molar-refractivity contribution in [3.8, 4) is 0 Å². The molecule has 19 heavy (non-hydrogen) atoms. The number of carbonyl (C=O) groups is 1. The van der Waals surface area contributed by atoms with Gasteiger partial charge < -0.3 is 20.9 Å². The number of amides is 1. The molecule has 106 valence electrons. The number of benzene rings is 1. The lowest BCUT2D eigenvalue weighted by Gasteiger charge is -2.12. The number of nitrogens with two attached hydrogens (primary N) is 1. The minimum absolute atomic E-state index is 0.0221. The van der Waals surface area contributed by atoms with Gasteiger partial charge in [-0.3, -0.25) is 4.79 Å². The van der Waals surface area contributed by atoms with Crippen LogP contribution in [-0.4, -0.2) is 43.4 Å². The molecule has 5 nitrogen and oxygen atoms in total. The molecule has 1 aromatic carbocycles. The topological polar surface area (TPSA) is 84.6 Å². The van der Waals surface area contributed by atoms with Crippen LogP contribution in [0.1, 0.15) is 12.0 Å². The summed E-state index contributed by atoms with van der Waals surface area (Å²) in [5.41, 5.74) is 6.89. The van der Waals surface area contributed by atoms with E-state index < -0.39 is 6.04 Å². The molecule has 1 rings (SSSR count). The van der Waals surface area contributed by atoms with Gasteiger partial charge in [-0.2, -0.15) is 0 Å². The fourth-order valence-corrected chi connectivity index (χ4v) is 1.64. The molecule has 0 saturated carbocycles. The number of aliphatic hydroxyl groups excluding tert-OH is 1. The van der Waals surface area contributed by atoms with Crippen LogP contribution in [0, 0.1) is 0 Å². The molecule has 1 amide bonds. The molecule has 0 spiro atoms. The van der Waals surface area contributed by atoms with E-state index in [0.717, 1.165) is 5.56 Å². The number of aliphatic hydroxyl groups is 1. The molecule has 0 unspecified atom stereocenters. The first kappa shape index (κ1) is 15.6. The van der Waals surface area contributed by atoms with Crippen LogP contribution in [0.2, 0.25) is 0 Å². The highest BCUT2D eigenvalue weighted by atomic mass is 16.5. The third-order valence-corrected chi connectivity index (χ3v) is 2.64. The quantitative estimate of drug-likeness (QED) is 0.552. The lowest BCUT2D eigenvalue weighted by Crippen LogP contribution is -2.42. The Bertz CT molecular complexity index is 357. The number of carbonyl (C=O) groups excluding carboxylic acids is 1. The van der Waals surface area contributed by atoms with Crippen LogP contribution in [0.25, 0.3) is 0 Å². The normalized spacial score (nSPS) is 12.1. The van der Waals surface area contributed by atoms with Gasteiger partial charge in [0, 0.05) is 13.2 Å². The van der Waals surface area contributed by atoms with E-state index in [4.69, 9.17) is 15.6 Å². The van der Waals surface area contributed by atoms with Crippen LogP contribution in [-0.2, 0) is 16.0 Å². The average molecular weight is 266 g/mol. The van der Waals surface area contributed by atoms with Gasteiger partial charge in [-0.15, -0.1) is 0 Å². The first-order chi connectivity index (χ1) is 9.24. The van der Waals surface area contributed by atoms with Gasteiger partial charge in [0.05, 0.1) is 19.3 Å². The minimum Gasteiger partial charge on any atom is -0.394 e. The average Bonchev–Trinajstić information content (AvgIpc) is 2.43. The zero-order valence-electron chi connectivity index (χ0n) is 11.0. The number of nitrogens with one attached hydrogen (secondary N) is 1. The van der Waals surface area contributed by atoms with Gasteiger partial charge in [-0.05, 0) is 18.4 Å². The molecule has 5 heteroatoms. The molecule has 0 aromatic heterocycles. The number of ether oxygens (including phenoxy) is 1. The maximum atomic E-state index is 11.7. The molecule has 1 aromatic rings. The van der Waals surface area contributed by atoms with Crippen molar-refractivity contribution in [2.45, 2.75) is 18.9 Å². The van der Waals surface area contributed by atoms with Crippen LogP contribution in [0.5, 0.6) is 0 Å². The van der Waals surface area contributed by atoms with E-state index in [9.17, 15) is 4.79 Å². The largest absolute Gasteiger partial charge is 0.394 e. The first-order valence-corrected chi connectivity index (χ1v) is 6.50. The van der Waals surface area contributed by atoms with Gasteiger partial charge in [-0.25, -0.2) is 0 Å². The van der Waals surface area contributed by atoms with E-state index in [1.165, 1.54) is 0 Å². The van der Waals surface area contributed by atoms with Gasteiger partial charge in [0.15, 0.2) is 0 Å². The molecule has 0 saturated heterocycles. The zero-order chi connectivity index (χ0) is 13.9. The van der Waals surface area contributed by atoms with E-state index in [0.29, 0.717) is 32.6 Å². The summed E-state index contributed by atoms with van der Waals surface area (Å²) in [4.78, 5) is 11.7. The summed E-state index contributed by atoms with van der Waals surface area (Å²) in [6.07, 6.45) is 1.25. The first-order valence-electron chi connectivity index (χ1n) is 6.50. The Balaban J connectivity index is 2.15. The van der Waals surface area contributed by atoms with E-state index in [1.807, 2.05) is 30.3 Å². The third kappa shape index (κ3) is 6.91. The summed E-state index contributed by atoms with van der Waals surface area (Å²) in [5.74, 6) is -0.147. The molecule has 0 radical (unpaired) electrons. The second-order valence-electron chi connectivity index (χ2n) is 4.28. The predicted molar refractivity (Wildman–Crippen MR) is 73.7 cm³/mol. The fraction of sp³-hybridized carbons (Fsp3) is 0.500. The molecule has 1 atom stereocenters. The predicted octanol–water partition coefficient (Wildman–Crippen LogP) is 0.0716. The molecule has 0 aliphatic carbocycles. The van der Waals surface area contributed by atoms with Gasteiger partial charge in [0.1, 0.15) is 0 Å². The molecule has 0 aliphatic heterocycles. The summed E-state index contributed by atoms with van der Waals surface area (Å²) < 4.78 is 5.09. The van der Waals surface area contributed by atoms with Crippen LogP contribution in [0.4, 0.5) is 0 Å². The Morgan fingerprint density at radius 1 is 1.32 bits per heavy atom. The molecule has 0 bridgehead atoms. The highest BCUT2D eigenvalue weighted by molar-refractivity contribution is 5.81. The zero-order valence-corrected chi connectivity index (χ0v) is 11.0. The summed E-state index contributed by atoms with van der Waals surface area (Å²) in [5, 5.41) is 11.3. The highest BCUT2D eigenvalue weighted by Crippen LogP contribution is 2.01. The summed E-state index contributed by atoms with van der Waals surface area (Å²) in [6.45, 7) is 1.41. The lowest BCUT2D eigenvalue weighted by atomic mass is 10.1. The maximum absolute atomic E-state index is 11.7. The minimum atomic E-state index is -0.527. The Hall–Kier alpha value is -1.43. The Labute approximate surface area is 113 Å². The number of hydrogen-bond acceptors (Lipinski definition) is 4. The second kappa shape index (κ2) is 9.49. The van der Waals surface area contributed by atoms with Crippen molar-refractivity contribution in [1.29, 1.82) is 0 Å². The summed E-state index contributed by atoms with van der Waals surface area (Å²) in [6, 6.07) is 9.17. The van der Waals surface area contributed by atoms with E-state index in [-0.39, 0.29) is 12.5 Å². The van der Waals surface area contributed by atoms with Crippen molar-refractivity contribution in [3.05, 3.63) is 35.9 Å². The van der Waals surface area contributed by atoms with Gasteiger partial charge >= 0.3 is 0 Å². The Kier molecular flexibility index (Phi) is 7.81. The van der Waals surface area contributed by atoms with Gasteiger partial charge in [0.2, 0.25) is 5.91 Å². The molecular weight excluding hydrogens is 244 g/mol. The van der Waals surface area contributed by atoms with E-state index >= 15 is 0 Å². The maximum Gasteiger partial charge on any atom is 0.237 e. The van der Waals surface area contributed by atoms with Crippen molar-refractivity contribution in [2.75, 3.05) is 26.4 Å². The van der Waals surface area contributed by atoms with E-state index in [1.54, 1.807) is 0 Å². The summed E-state index contributed by atoms with van der Waals surface area (Å²) in [7, 11) is 0. The van der Waals surface area contributed by atoms with Crippen molar-refractivity contribution < 1.29 is 14.6 Å². The highest BCUT2D eigenvalue weighted by Gasteiger charge is 2.12. The number of hydrogen-bond donors (Lipinski definition) is 3. The third-order valence-electron chi connectivity index (χ3n) is 2.64. The van der Waals surface area contributed by atoms with Gasteiger partial charge in [0.25, 0.3) is 0 Å². The summed E-state index contributed by atoms with van der Waals surface area (Å²) >= 11 is 0.